The molecule has 1 fully saturated rings. The second-order valence-electron chi connectivity index (χ2n) is 6.09. The monoisotopic (exact) mass is 501 g/mol. The van der Waals surface area contributed by atoms with Crippen molar-refractivity contribution in [2.45, 2.75) is 26.4 Å². The van der Waals surface area contributed by atoms with E-state index in [0.29, 0.717) is 6.54 Å². The van der Waals surface area contributed by atoms with Gasteiger partial charge in [0.05, 0.1) is 19.8 Å². The Kier molecular flexibility index (Phi) is 9.29. The van der Waals surface area contributed by atoms with Crippen LogP contribution in [0, 0.1) is 0 Å². The normalized spacial score (nSPS) is 14.6. The molecule has 148 valence electrons. The number of morpholine rings is 1. The second kappa shape index (κ2) is 11.5. The zero-order chi connectivity index (χ0) is 18.2. The third-order valence-electron chi connectivity index (χ3n) is 4.34. The van der Waals surface area contributed by atoms with Crippen LogP contribution in [0.2, 0.25) is 0 Å². The van der Waals surface area contributed by atoms with Crippen molar-refractivity contribution in [2.75, 3.05) is 38.3 Å². The molecule has 0 saturated carbocycles. The van der Waals surface area contributed by atoms with Gasteiger partial charge in [-0.2, -0.15) is 0 Å². The molecular weight excluding hydrogens is 473 g/mol. The van der Waals surface area contributed by atoms with Gasteiger partial charge in [-0.1, -0.05) is 13.0 Å². The number of nitrogens with one attached hydrogen (secondary N) is 2. The zero-order valence-corrected chi connectivity index (χ0v) is 19.0. The van der Waals surface area contributed by atoms with Crippen molar-refractivity contribution in [3.8, 4) is 0 Å². The summed E-state index contributed by atoms with van der Waals surface area (Å²) in [6, 6.07) is 8.48. The molecule has 2 N–H and O–H groups in total. The Bertz CT molecular complexity index is 730. The molecule has 0 atom stereocenters. The molecule has 3 rings (SSSR count). The highest BCUT2D eigenvalue weighted by atomic mass is 127. The number of aliphatic imine (C=N–C) groups is 1. The molecule has 1 aliphatic heterocycles. The lowest BCUT2D eigenvalue weighted by Crippen LogP contribution is -2.39. The molecule has 27 heavy (non-hydrogen) atoms. The van der Waals surface area contributed by atoms with Gasteiger partial charge in [0.2, 0.25) is 0 Å². The molecule has 6 nitrogen and oxygen atoms in total. The lowest BCUT2D eigenvalue weighted by atomic mass is 10.2. The van der Waals surface area contributed by atoms with Gasteiger partial charge in [-0.25, -0.2) is 4.98 Å². The van der Waals surface area contributed by atoms with Crippen molar-refractivity contribution >= 4 is 47.1 Å². The molecule has 0 spiro atoms. The molecular formula is C19H28IN5OS. The molecule has 2 aromatic heterocycles. The Labute approximate surface area is 182 Å². The first-order valence-electron chi connectivity index (χ1n) is 9.09. The maximum absolute atomic E-state index is 5.45. The van der Waals surface area contributed by atoms with Crippen molar-refractivity contribution in [1.82, 2.24) is 15.6 Å². The standard InChI is InChI=1S/C19H27N5OS.HI/c1-3-16-6-7-17(26-16)14-23-19(20-2)22-13-15-5-4-8-21-18(15)24-9-11-25-12-10-24;/h4-8H,3,9-14H2,1-2H3,(H2,20,22,23);1H. The predicted octanol–water partition coefficient (Wildman–Crippen LogP) is 3.03. The molecule has 0 bridgehead atoms. The Morgan fingerprint density at radius 2 is 1.93 bits per heavy atom. The van der Waals surface area contributed by atoms with E-state index < -0.39 is 0 Å². The molecule has 0 aliphatic carbocycles. The highest BCUT2D eigenvalue weighted by molar-refractivity contribution is 14.0. The smallest absolute Gasteiger partial charge is 0.191 e. The molecule has 0 amide bonds. The summed E-state index contributed by atoms with van der Waals surface area (Å²) in [4.78, 5) is 13.9. The van der Waals surface area contributed by atoms with Crippen LogP contribution in [-0.2, 0) is 24.2 Å². The fourth-order valence-electron chi connectivity index (χ4n) is 2.91. The Morgan fingerprint density at radius 3 is 2.63 bits per heavy atom. The minimum Gasteiger partial charge on any atom is -0.378 e. The number of rotatable bonds is 6. The third kappa shape index (κ3) is 6.32. The number of hydrogen-bond donors (Lipinski definition) is 2. The molecule has 0 unspecified atom stereocenters. The van der Waals surface area contributed by atoms with E-state index in [1.54, 1.807) is 7.05 Å². The summed E-state index contributed by atoms with van der Waals surface area (Å²) >= 11 is 1.85. The predicted molar refractivity (Wildman–Crippen MR) is 123 cm³/mol. The molecule has 8 heteroatoms. The van der Waals surface area contributed by atoms with Crippen molar-refractivity contribution in [1.29, 1.82) is 0 Å². The van der Waals surface area contributed by atoms with Crippen LogP contribution in [0.1, 0.15) is 22.2 Å². The molecule has 3 heterocycles. The average molecular weight is 501 g/mol. The van der Waals surface area contributed by atoms with Gasteiger partial charge < -0.3 is 20.3 Å². The van der Waals surface area contributed by atoms with Crippen LogP contribution in [0.3, 0.4) is 0 Å². The summed E-state index contributed by atoms with van der Waals surface area (Å²) < 4.78 is 5.45. The Balaban J connectivity index is 0.00000261. The number of hydrogen-bond acceptors (Lipinski definition) is 5. The van der Waals surface area contributed by atoms with Crippen LogP contribution in [0.25, 0.3) is 0 Å². The van der Waals surface area contributed by atoms with E-state index in [1.807, 2.05) is 23.6 Å². The van der Waals surface area contributed by atoms with Crippen LogP contribution >= 0.6 is 35.3 Å². The highest BCUT2D eigenvalue weighted by Gasteiger charge is 2.15. The quantitative estimate of drug-likeness (QED) is 0.362. The maximum Gasteiger partial charge on any atom is 0.191 e. The molecule has 1 aliphatic rings. The van der Waals surface area contributed by atoms with Crippen LogP contribution in [0.15, 0.2) is 35.5 Å². The van der Waals surface area contributed by atoms with E-state index in [4.69, 9.17) is 4.74 Å². The summed E-state index contributed by atoms with van der Waals surface area (Å²) in [6.07, 6.45) is 2.94. The first kappa shape index (κ1) is 21.9. The van der Waals surface area contributed by atoms with Crippen molar-refractivity contribution < 1.29 is 4.74 Å². The maximum atomic E-state index is 5.45. The van der Waals surface area contributed by atoms with Crippen LogP contribution in [0.5, 0.6) is 0 Å². The molecule has 2 aromatic rings. The summed E-state index contributed by atoms with van der Waals surface area (Å²) in [5.74, 6) is 1.83. The first-order valence-corrected chi connectivity index (χ1v) is 9.90. The second-order valence-corrected chi connectivity index (χ2v) is 7.34. The third-order valence-corrected chi connectivity index (χ3v) is 5.57. The SMILES string of the molecule is CCc1ccc(CNC(=NC)NCc2cccnc2N2CCOCC2)s1.I. The summed E-state index contributed by atoms with van der Waals surface area (Å²) in [5, 5.41) is 6.79. The van der Waals surface area contributed by atoms with E-state index in [-0.39, 0.29) is 24.0 Å². The van der Waals surface area contributed by atoms with Gasteiger partial charge in [0.25, 0.3) is 0 Å². The number of pyridine rings is 1. The van der Waals surface area contributed by atoms with Gasteiger partial charge in [0.1, 0.15) is 5.82 Å². The number of aromatic nitrogens is 1. The van der Waals surface area contributed by atoms with Gasteiger partial charge in [-0.05, 0) is 24.6 Å². The van der Waals surface area contributed by atoms with Gasteiger partial charge in [-0.15, -0.1) is 35.3 Å². The van der Waals surface area contributed by atoms with E-state index in [9.17, 15) is 0 Å². The van der Waals surface area contributed by atoms with Crippen molar-refractivity contribution in [3.05, 3.63) is 45.8 Å². The number of aryl methyl sites for hydroxylation is 1. The van der Waals surface area contributed by atoms with Crippen LogP contribution in [0.4, 0.5) is 5.82 Å². The van der Waals surface area contributed by atoms with E-state index in [2.05, 4.69) is 50.6 Å². The largest absolute Gasteiger partial charge is 0.378 e. The minimum absolute atomic E-state index is 0. The molecule has 0 aromatic carbocycles. The first-order chi connectivity index (χ1) is 12.8. The number of guanidine groups is 1. The fourth-order valence-corrected chi connectivity index (χ4v) is 3.80. The summed E-state index contributed by atoms with van der Waals surface area (Å²) in [5.41, 5.74) is 1.17. The number of thiophene rings is 1. The number of halogens is 1. The van der Waals surface area contributed by atoms with Crippen molar-refractivity contribution in [3.63, 3.8) is 0 Å². The van der Waals surface area contributed by atoms with Gasteiger partial charge in [0.15, 0.2) is 5.96 Å². The average Bonchev–Trinajstić information content (AvgIpc) is 3.17. The summed E-state index contributed by atoms with van der Waals surface area (Å²) in [7, 11) is 1.80. The zero-order valence-electron chi connectivity index (χ0n) is 15.9. The van der Waals surface area contributed by atoms with Gasteiger partial charge in [-0.3, -0.25) is 4.99 Å². The fraction of sp³-hybridized carbons (Fsp3) is 0.474. The topological polar surface area (TPSA) is 61.8 Å². The van der Waals surface area contributed by atoms with E-state index in [1.165, 1.54) is 15.3 Å². The minimum atomic E-state index is 0. The van der Waals surface area contributed by atoms with E-state index >= 15 is 0 Å². The summed E-state index contributed by atoms with van der Waals surface area (Å²) in [6.45, 7) is 6.94. The Hall–Kier alpha value is -1.39. The van der Waals surface area contributed by atoms with Gasteiger partial charge >= 0.3 is 0 Å². The Morgan fingerprint density at radius 1 is 1.19 bits per heavy atom. The molecule has 0 radical (unpaired) electrons. The number of anilines is 1. The van der Waals surface area contributed by atoms with Crippen LogP contribution < -0.4 is 15.5 Å². The lowest BCUT2D eigenvalue weighted by Gasteiger charge is -2.29. The van der Waals surface area contributed by atoms with Crippen LogP contribution in [-0.4, -0.2) is 44.3 Å². The highest BCUT2D eigenvalue weighted by Crippen LogP contribution is 2.18. The van der Waals surface area contributed by atoms with Crippen molar-refractivity contribution in [2.24, 2.45) is 4.99 Å². The number of nitrogens with zero attached hydrogens (tertiary/aromatic N) is 3. The lowest BCUT2D eigenvalue weighted by molar-refractivity contribution is 0.122. The van der Waals surface area contributed by atoms with Gasteiger partial charge in [0, 0.05) is 48.2 Å². The molecule has 1 saturated heterocycles. The van der Waals surface area contributed by atoms with E-state index in [0.717, 1.165) is 51.0 Å². The number of ether oxygens (including phenoxy) is 1.